The van der Waals surface area contributed by atoms with Crippen LogP contribution in [0.5, 0.6) is 11.8 Å². The molecule has 0 aliphatic rings. The minimum absolute atomic E-state index is 0.00782. The molecule has 5 nitrogen and oxygen atoms in total. The van der Waals surface area contributed by atoms with Crippen molar-refractivity contribution in [1.29, 1.82) is 0 Å². The molecule has 0 spiro atoms. The fraction of sp³-hybridized carbons (Fsp3) is 0.0769. The molecule has 0 radical (unpaired) electrons. The van der Waals surface area contributed by atoms with Gasteiger partial charge >= 0.3 is 0 Å². The van der Waals surface area contributed by atoms with Gasteiger partial charge in [0.2, 0.25) is 5.88 Å². The highest BCUT2D eigenvalue weighted by Gasteiger charge is 2.17. The summed E-state index contributed by atoms with van der Waals surface area (Å²) in [6.45, 7) is 1.87. The van der Waals surface area contributed by atoms with E-state index in [0.29, 0.717) is 10.6 Å². The zero-order chi connectivity index (χ0) is 14.1. The predicted molar refractivity (Wildman–Crippen MR) is 77.9 cm³/mol. The van der Waals surface area contributed by atoms with E-state index >= 15 is 0 Å². The van der Waals surface area contributed by atoms with E-state index in [-0.39, 0.29) is 11.8 Å². The molecule has 0 saturated heterocycles. The molecular formula is C13H11N3O2S2. The van der Waals surface area contributed by atoms with Crippen LogP contribution in [0.2, 0.25) is 0 Å². The molecule has 7 heteroatoms. The molecule has 2 aromatic heterocycles. The standard InChI is InChI=1S/C13H11N3O2S2/c1-8-14-15-13(19-8)20-10-7-11(17)16(12(10)18)9-5-3-2-4-6-9/h2-7,17-18H,1H3. The molecule has 2 N–H and O–H groups in total. The van der Waals surface area contributed by atoms with Crippen LogP contribution in [0.1, 0.15) is 5.01 Å². The number of aromatic hydroxyl groups is 2. The lowest BCUT2D eigenvalue weighted by Crippen LogP contribution is -1.91. The molecule has 0 atom stereocenters. The average molecular weight is 305 g/mol. The van der Waals surface area contributed by atoms with Gasteiger partial charge in [0.25, 0.3) is 0 Å². The third kappa shape index (κ3) is 2.37. The number of para-hydroxylation sites is 1. The van der Waals surface area contributed by atoms with E-state index in [1.54, 1.807) is 0 Å². The highest BCUT2D eigenvalue weighted by Crippen LogP contribution is 2.41. The number of hydrogen-bond donors (Lipinski definition) is 2. The van der Waals surface area contributed by atoms with Crippen molar-refractivity contribution in [3.63, 3.8) is 0 Å². The lowest BCUT2D eigenvalue weighted by Gasteiger charge is -2.06. The SMILES string of the molecule is Cc1nnc(Sc2cc(O)n(-c3ccccc3)c2O)s1. The first-order valence-corrected chi connectivity index (χ1v) is 7.45. The summed E-state index contributed by atoms with van der Waals surface area (Å²) in [6.07, 6.45) is 0. The number of aromatic nitrogens is 3. The summed E-state index contributed by atoms with van der Waals surface area (Å²) in [7, 11) is 0. The summed E-state index contributed by atoms with van der Waals surface area (Å²) in [5, 5.41) is 29.1. The molecule has 1 aromatic carbocycles. The second kappa shape index (κ2) is 5.18. The third-order valence-corrected chi connectivity index (χ3v) is 4.55. The normalized spacial score (nSPS) is 10.8. The Kier molecular flexibility index (Phi) is 3.37. The molecule has 102 valence electrons. The van der Waals surface area contributed by atoms with Gasteiger partial charge in [-0.05, 0) is 19.1 Å². The fourth-order valence-electron chi connectivity index (χ4n) is 1.79. The van der Waals surface area contributed by atoms with Crippen molar-refractivity contribution in [3.8, 4) is 17.4 Å². The average Bonchev–Trinajstić information content (AvgIpc) is 2.96. The van der Waals surface area contributed by atoms with Gasteiger partial charge in [-0.15, -0.1) is 10.2 Å². The molecule has 3 rings (SSSR count). The maximum absolute atomic E-state index is 10.3. The Morgan fingerprint density at radius 2 is 1.90 bits per heavy atom. The van der Waals surface area contributed by atoms with Crippen LogP contribution in [0.4, 0.5) is 0 Å². The van der Waals surface area contributed by atoms with Crippen LogP contribution >= 0.6 is 23.1 Å². The van der Waals surface area contributed by atoms with E-state index < -0.39 is 0 Å². The Morgan fingerprint density at radius 1 is 1.15 bits per heavy atom. The predicted octanol–water partition coefficient (Wildman–Crippen LogP) is 3.20. The Morgan fingerprint density at radius 3 is 2.55 bits per heavy atom. The quantitative estimate of drug-likeness (QED) is 0.777. The zero-order valence-corrected chi connectivity index (χ0v) is 12.1. The Labute approximate surface area is 123 Å². The second-order valence-corrected chi connectivity index (χ2v) is 6.52. The highest BCUT2D eigenvalue weighted by molar-refractivity contribution is 8.01. The molecule has 20 heavy (non-hydrogen) atoms. The van der Waals surface area contributed by atoms with Crippen LogP contribution in [-0.2, 0) is 0 Å². The first kappa shape index (κ1) is 13.0. The summed E-state index contributed by atoms with van der Waals surface area (Å²) in [4.78, 5) is 0.544. The molecule has 0 fully saturated rings. The van der Waals surface area contributed by atoms with E-state index in [1.165, 1.54) is 33.7 Å². The van der Waals surface area contributed by atoms with Gasteiger partial charge in [-0.25, -0.2) is 0 Å². The van der Waals surface area contributed by atoms with Gasteiger partial charge in [0.1, 0.15) is 5.01 Å². The molecule has 2 heterocycles. The van der Waals surface area contributed by atoms with Gasteiger partial charge in [-0.1, -0.05) is 41.3 Å². The topological polar surface area (TPSA) is 71.2 Å². The lowest BCUT2D eigenvalue weighted by atomic mass is 10.3. The van der Waals surface area contributed by atoms with Crippen molar-refractivity contribution < 1.29 is 10.2 Å². The van der Waals surface area contributed by atoms with Gasteiger partial charge in [0, 0.05) is 6.07 Å². The summed E-state index contributed by atoms with van der Waals surface area (Å²) in [5.74, 6) is -0.0241. The van der Waals surface area contributed by atoms with Crippen LogP contribution in [0.15, 0.2) is 45.6 Å². The number of hydrogen-bond acceptors (Lipinski definition) is 6. The van der Waals surface area contributed by atoms with Gasteiger partial charge in [-0.2, -0.15) is 0 Å². The molecular weight excluding hydrogens is 294 g/mol. The summed E-state index contributed by atoms with van der Waals surface area (Å²) < 4.78 is 2.11. The first-order valence-electron chi connectivity index (χ1n) is 5.82. The van der Waals surface area contributed by atoms with Crippen LogP contribution < -0.4 is 0 Å². The maximum Gasteiger partial charge on any atom is 0.213 e. The third-order valence-electron chi connectivity index (χ3n) is 2.64. The number of nitrogens with zero attached hydrogens (tertiary/aromatic N) is 3. The number of aryl methyl sites for hydroxylation is 1. The van der Waals surface area contributed by atoms with E-state index in [2.05, 4.69) is 10.2 Å². The minimum atomic E-state index is -0.0163. The van der Waals surface area contributed by atoms with Gasteiger partial charge < -0.3 is 10.2 Å². The summed E-state index contributed by atoms with van der Waals surface area (Å²) in [5.41, 5.74) is 0.697. The van der Waals surface area contributed by atoms with Crippen LogP contribution in [0.3, 0.4) is 0 Å². The van der Waals surface area contributed by atoms with E-state index in [1.807, 2.05) is 37.3 Å². The van der Waals surface area contributed by atoms with Crippen molar-refractivity contribution in [3.05, 3.63) is 41.4 Å². The van der Waals surface area contributed by atoms with Crippen molar-refractivity contribution in [2.45, 2.75) is 16.2 Å². The van der Waals surface area contributed by atoms with Crippen LogP contribution in [0.25, 0.3) is 5.69 Å². The summed E-state index contributed by atoms with van der Waals surface area (Å²) >= 11 is 2.72. The van der Waals surface area contributed by atoms with Gasteiger partial charge in [-0.3, -0.25) is 4.57 Å². The van der Waals surface area contributed by atoms with E-state index in [9.17, 15) is 10.2 Å². The van der Waals surface area contributed by atoms with Crippen LogP contribution in [0, 0.1) is 6.92 Å². The van der Waals surface area contributed by atoms with Gasteiger partial charge in [0.15, 0.2) is 10.2 Å². The molecule has 0 amide bonds. The second-order valence-electron chi connectivity index (χ2n) is 4.05. The molecule has 0 unspecified atom stereocenters. The minimum Gasteiger partial charge on any atom is -0.494 e. The van der Waals surface area contributed by atoms with Crippen molar-refractivity contribution in [2.75, 3.05) is 0 Å². The number of benzene rings is 1. The van der Waals surface area contributed by atoms with Crippen molar-refractivity contribution in [2.24, 2.45) is 0 Å². The van der Waals surface area contributed by atoms with Crippen molar-refractivity contribution in [1.82, 2.24) is 14.8 Å². The molecule has 0 aliphatic carbocycles. The Bertz CT molecular complexity index is 737. The molecule has 0 aliphatic heterocycles. The van der Waals surface area contributed by atoms with E-state index in [0.717, 1.165) is 9.35 Å². The fourth-order valence-corrected chi connectivity index (χ4v) is 3.62. The van der Waals surface area contributed by atoms with Crippen molar-refractivity contribution >= 4 is 23.1 Å². The maximum atomic E-state index is 10.3. The zero-order valence-electron chi connectivity index (χ0n) is 10.5. The largest absolute Gasteiger partial charge is 0.494 e. The monoisotopic (exact) mass is 305 g/mol. The van der Waals surface area contributed by atoms with Gasteiger partial charge in [0.05, 0.1) is 10.6 Å². The van der Waals surface area contributed by atoms with E-state index in [4.69, 9.17) is 0 Å². The smallest absolute Gasteiger partial charge is 0.213 e. The molecule has 3 aromatic rings. The lowest BCUT2D eigenvalue weighted by molar-refractivity contribution is 0.398. The Hall–Kier alpha value is -1.99. The molecule has 0 saturated carbocycles. The highest BCUT2D eigenvalue weighted by atomic mass is 32.2. The Balaban J connectivity index is 1.99. The molecule has 0 bridgehead atoms. The number of rotatable bonds is 3. The summed E-state index contributed by atoms with van der Waals surface area (Å²) in [6, 6.07) is 10.7. The first-order chi connectivity index (χ1) is 9.65. The van der Waals surface area contributed by atoms with Crippen LogP contribution in [-0.4, -0.2) is 25.0 Å².